The van der Waals surface area contributed by atoms with E-state index >= 15 is 0 Å². The summed E-state index contributed by atoms with van der Waals surface area (Å²) in [4.78, 5) is 27.1. The Morgan fingerprint density at radius 3 is 1.83 bits per heavy atom. The van der Waals surface area contributed by atoms with E-state index in [1.807, 2.05) is 27.7 Å². The molecule has 82 heavy (non-hydrogen) atoms. The van der Waals surface area contributed by atoms with Crippen molar-refractivity contribution in [2.75, 3.05) is 26.4 Å². The molecule has 25 nitrogen and oxygen atoms in total. The number of fused-ring (bicyclic) bond motifs is 7. The highest BCUT2D eigenvalue weighted by Gasteiger charge is 2.75. The second kappa shape index (κ2) is 23.4. The maximum absolute atomic E-state index is 13.6. The summed E-state index contributed by atoms with van der Waals surface area (Å²) >= 11 is 0. The molecule has 30 atom stereocenters. The summed E-state index contributed by atoms with van der Waals surface area (Å²) < 4.78 is 55.5. The molecule has 4 heterocycles. The zero-order valence-corrected chi connectivity index (χ0v) is 48.3. The van der Waals surface area contributed by atoms with Crippen LogP contribution in [0.4, 0.5) is 0 Å². The number of allylic oxidation sites excluding steroid dienone is 1. The van der Waals surface area contributed by atoms with Crippen LogP contribution in [0.2, 0.25) is 0 Å². The van der Waals surface area contributed by atoms with Crippen molar-refractivity contribution in [1.82, 2.24) is 0 Å². The van der Waals surface area contributed by atoms with Crippen molar-refractivity contribution in [3.8, 4) is 0 Å². The molecule has 0 amide bonds. The molecule has 0 radical (unpaired) electrons. The summed E-state index contributed by atoms with van der Waals surface area (Å²) in [5, 5.41) is 156. The molecule has 9 aliphatic rings. The van der Waals surface area contributed by atoms with Crippen molar-refractivity contribution in [3.63, 3.8) is 0 Å². The zero-order chi connectivity index (χ0) is 60.3. The molecule has 14 N–H and O–H groups in total. The number of hydrogen-bond donors (Lipinski definition) is 14. The molecular formula is C57H92O25. The maximum atomic E-state index is 13.6. The standard InChI is InChI=1S/C57H92O25/c1-10-23(2)47(73)77-32-18-52(3,4)17-25-24-11-12-30-54(7)15-14-31(53(5,6)29(54)13-16-55(30,8)56(24,9)44(69)45(70)57(25,32)22-60)78-51-43(82-50-39(68)36(65)34(63)27(19-58)75-50)41(79-48-37(66)33(62)26(61)21-74-48)40(42(81-51)46(71)72)80-49-38(67)35(64)28(20-59)76-49/h11,23,25-45,48-51,58-70H,10,12-22H2,1-9H3,(H,71,72)/t23?,25-,26-,27+,28-,29-,30+,31-,32-,33-,34+,35-,36-,37+,38+,39+,40-,41-,42-,43+,44-,45+,48-,49-,50-,51+,54-,55+,56-,57+/m0/s1. The average molecular weight is 1180 g/mol. The van der Waals surface area contributed by atoms with E-state index in [-0.39, 0.29) is 17.3 Å². The molecule has 4 saturated heterocycles. The fourth-order valence-corrected chi connectivity index (χ4v) is 17.0. The molecule has 4 saturated carbocycles. The van der Waals surface area contributed by atoms with Gasteiger partial charge >= 0.3 is 11.9 Å². The van der Waals surface area contributed by atoms with Gasteiger partial charge in [0.2, 0.25) is 0 Å². The SMILES string of the molecule is CCC(C)C(=O)O[C@H]1CC(C)(C)C[C@H]2C3=CC[C@@H]4[C@@]5(C)CC[C@H](O[C@@H]6O[C@H](C(=O)O)[C@@H](O[C@@H]7O[C@@H](CO)[C@H](O)[C@H]7O)[C@H](O[C@@H]7OC[C@H](O)[C@H](O)[C@H]7O)[C@H]6O[C@@H]6O[C@H](CO)[C@@H](O)[C@H](O)[C@H]6O)C(C)(C)[C@@H]5CC[C@@]4(C)[C@]3(C)[C@@H](O)[C@@H](O)[C@@]12CO. The third-order valence-corrected chi connectivity index (χ3v) is 22.2. The van der Waals surface area contributed by atoms with E-state index in [0.29, 0.717) is 51.4 Å². The number of aliphatic hydroxyl groups excluding tert-OH is 13. The van der Waals surface area contributed by atoms with Gasteiger partial charge in [-0.1, -0.05) is 74.0 Å². The van der Waals surface area contributed by atoms with Gasteiger partial charge in [-0.05, 0) is 90.8 Å². The maximum Gasteiger partial charge on any atom is 0.335 e. The monoisotopic (exact) mass is 1180 g/mol. The summed E-state index contributed by atoms with van der Waals surface area (Å²) in [6, 6.07) is 0. The minimum absolute atomic E-state index is 0.111. The Hall–Kier alpha value is -2.16. The molecule has 8 fully saturated rings. The van der Waals surface area contributed by atoms with Crippen molar-refractivity contribution in [1.29, 1.82) is 0 Å². The number of carboxylic acids is 1. The van der Waals surface area contributed by atoms with Crippen LogP contribution in [-0.2, 0) is 52.2 Å². The van der Waals surface area contributed by atoms with Gasteiger partial charge in [-0.25, -0.2) is 4.79 Å². The second-order valence-corrected chi connectivity index (χ2v) is 27.4. The van der Waals surface area contributed by atoms with Crippen LogP contribution in [0.1, 0.15) is 114 Å². The predicted octanol–water partition coefficient (Wildman–Crippen LogP) is -1.68. The van der Waals surface area contributed by atoms with E-state index in [1.165, 1.54) is 0 Å². The number of carboxylic acid groups (broad SMARTS) is 1. The van der Waals surface area contributed by atoms with Gasteiger partial charge in [-0.2, -0.15) is 0 Å². The largest absolute Gasteiger partial charge is 0.479 e. The van der Waals surface area contributed by atoms with E-state index in [0.717, 1.165) is 5.57 Å². The summed E-state index contributed by atoms with van der Waals surface area (Å²) in [5.74, 6) is -3.26. The van der Waals surface area contributed by atoms with E-state index in [2.05, 4.69) is 33.8 Å². The van der Waals surface area contributed by atoms with E-state index < -0.39 is 212 Å². The Kier molecular flexibility index (Phi) is 18.4. The molecular weight excluding hydrogens is 1080 g/mol. The van der Waals surface area contributed by atoms with Crippen LogP contribution in [0, 0.1) is 56.2 Å². The summed E-state index contributed by atoms with van der Waals surface area (Å²) in [6.45, 7) is 15.5. The molecule has 0 aromatic rings. The molecule has 0 bridgehead atoms. The van der Waals surface area contributed by atoms with Gasteiger partial charge in [-0.15, -0.1) is 0 Å². The molecule has 4 aliphatic heterocycles. The quantitative estimate of drug-likeness (QED) is 0.0495. The third-order valence-electron chi connectivity index (χ3n) is 22.2. The molecule has 1 unspecified atom stereocenters. The minimum atomic E-state index is -2.16. The molecule has 0 aromatic heterocycles. The van der Waals surface area contributed by atoms with Gasteiger partial charge in [0.25, 0.3) is 0 Å². The molecule has 470 valence electrons. The predicted molar refractivity (Wildman–Crippen MR) is 279 cm³/mol. The number of esters is 1. The number of carbonyl (C=O) groups is 2. The molecule has 9 rings (SSSR count). The topological polar surface area (TPSA) is 400 Å². The van der Waals surface area contributed by atoms with Gasteiger partial charge < -0.3 is 114 Å². The first-order valence-corrected chi connectivity index (χ1v) is 29.3. The number of hydrogen-bond acceptors (Lipinski definition) is 24. The highest BCUT2D eigenvalue weighted by molar-refractivity contribution is 5.73. The van der Waals surface area contributed by atoms with Crippen LogP contribution >= 0.6 is 0 Å². The molecule has 0 spiro atoms. The lowest BCUT2D eigenvalue weighted by Crippen LogP contribution is -2.74. The van der Waals surface area contributed by atoms with E-state index in [1.54, 1.807) is 6.92 Å². The lowest BCUT2D eigenvalue weighted by molar-refractivity contribution is -0.401. The Bertz CT molecular complexity index is 2300. The normalized spacial score (nSPS) is 52.0. The van der Waals surface area contributed by atoms with E-state index in [9.17, 15) is 81.1 Å². The Balaban J connectivity index is 1.07. The summed E-state index contributed by atoms with van der Waals surface area (Å²) in [6.07, 6.45) is -32.0. The van der Waals surface area contributed by atoms with Gasteiger partial charge in [0.05, 0.1) is 56.1 Å². The number of rotatable bonds is 15. The van der Waals surface area contributed by atoms with Gasteiger partial charge in [0.15, 0.2) is 31.3 Å². The van der Waals surface area contributed by atoms with Crippen molar-refractivity contribution in [2.45, 2.75) is 249 Å². The number of ether oxygens (including phenoxy) is 9. The van der Waals surface area contributed by atoms with Crippen LogP contribution in [0.3, 0.4) is 0 Å². The molecule has 25 heteroatoms. The highest BCUT2D eigenvalue weighted by atomic mass is 16.8. The van der Waals surface area contributed by atoms with Crippen molar-refractivity contribution >= 4 is 11.9 Å². The third kappa shape index (κ3) is 10.2. The second-order valence-electron chi connectivity index (χ2n) is 27.4. The van der Waals surface area contributed by atoms with Gasteiger partial charge in [0, 0.05) is 5.41 Å². The minimum Gasteiger partial charge on any atom is -0.479 e. The molecule has 5 aliphatic carbocycles. The number of aliphatic carboxylic acids is 1. The van der Waals surface area contributed by atoms with Crippen molar-refractivity contribution in [3.05, 3.63) is 11.6 Å². The number of carbonyl (C=O) groups excluding carboxylic acids is 1. The summed E-state index contributed by atoms with van der Waals surface area (Å²) in [5.41, 5.74) is -3.80. The first-order chi connectivity index (χ1) is 38.3. The van der Waals surface area contributed by atoms with Crippen molar-refractivity contribution in [2.24, 2.45) is 56.2 Å². The molecule has 0 aromatic carbocycles. The lowest BCUT2D eigenvalue weighted by atomic mass is 9.32. The lowest BCUT2D eigenvalue weighted by Gasteiger charge is -2.73. The van der Waals surface area contributed by atoms with Crippen LogP contribution in [0.15, 0.2) is 11.6 Å². The summed E-state index contributed by atoms with van der Waals surface area (Å²) in [7, 11) is 0. The zero-order valence-electron chi connectivity index (χ0n) is 48.3. The van der Waals surface area contributed by atoms with Crippen LogP contribution in [0.25, 0.3) is 0 Å². The fourth-order valence-electron chi connectivity index (χ4n) is 17.0. The fraction of sp³-hybridized carbons (Fsp3) is 0.930. The van der Waals surface area contributed by atoms with Crippen molar-refractivity contribution < 1.29 is 124 Å². The van der Waals surface area contributed by atoms with Crippen LogP contribution in [0.5, 0.6) is 0 Å². The Labute approximate surface area is 477 Å². The van der Waals surface area contributed by atoms with E-state index in [4.69, 9.17) is 42.6 Å². The van der Waals surface area contributed by atoms with Gasteiger partial charge in [0.1, 0.15) is 85.5 Å². The van der Waals surface area contributed by atoms with Gasteiger partial charge in [-0.3, -0.25) is 4.79 Å². The highest BCUT2D eigenvalue weighted by Crippen LogP contribution is 2.76. The number of aliphatic hydroxyl groups is 13. The smallest absolute Gasteiger partial charge is 0.335 e. The Morgan fingerprint density at radius 2 is 1.23 bits per heavy atom. The van der Waals surface area contributed by atoms with Crippen LogP contribution in [-0.4, -0.2) is 245 Å². The average Bonchev–Trinajstić information content (AvgIpc) is 0.852. The van der Waals surface area contributed by atoms with Crippen LogP contribution < -0.4 is 0 Å². The first kappa shape index (κ1) is 64.3. The first-order valence-electron chi connectivity index (χ1n) is 29.3. The Morgan fingerprint density at radius 1 is 0.646 bits per heavy atom.